The van der Waals surface area contributed by atoms with E-state index in [-0.39, 0.29) is 11.6 Å². The molecular formula is C19H17F2N3O. The Labute approximate surface area is 144 Å². The molecule has 0 fully saturated rings. The van der Waals surface area contributed by atoms with Crippen LogP contribution in [0.2, 0.25) is 0 Å². The molecule has 25 heavy (non-hydrogen) atoms. The second kappa shape index (κ2) is 6.84. The maximum absolute atomic E-state index is 13.5. The van der Waals surface area contributed by atoms with E-state index in [4.69, 9.17) is 0 Å². The minimum Gasteiger partial charge on any atom is -0.307 e. The molecule has 128 valence electrons. The molecule has 1 aromatic heterocycles. The normalized spacial score (nSPS) is 10.7. The summed E-state index contributed by atoms with van der Waals surface area (Å²) in [7, 11) is 0. The molecule has 0 radical (unpaired) electrons. The van der Waals surface area contributed by atoms with Gasteiger partial charge in [0.1, 0.15) is 0 Å². The van der Waals surface area contributed by atoms with Crippen LogP contribution in [0.25, 0.3) is 5.69 Å². The van der Waals surface area contributed by atoms with Crippen molar-refractivity contribution in [3.05, 3.63) is 77.6 Å². The Bertz CT molecular complexity index is 906. The molecule has 6 heteroatoms. The van der Waals surface area contributed by atoms with Gasteiger partial charge in [0.05, 0.1) is 5.69 Å². The first-order valence-corrected chi connectivity index (χ1v) is 7.90. The van der Waals surface area contributed by atoms with E-state index in [0.29, 0.717) is 12.2 Å². The van der Waals surface area contributed by atoms with E-state index in [2.05, 4.69) is 5.10 Å². The first-order chi connectivity index (χ1) is 12.0. The fraction of sp³-hybridized carbons (Fsp3) is 0.158. The molecule has 0 aliphatic carbocycles. The van der Waals surface area contributed by atoms with Gasteiger partial charge in [-0.25, -0.2) is 13.5 Å². The van der Waals surface area contributed by atoms with Crippen LogP contribution >= 0.6 is 0 Å². The van der Waals surface area contributed by atoms with Gasteiger partial charge in [-0.15, -0.1) is 0 Å². The molecule has 0 unspecified atom stereocenters. The van der Waals surface area contributed by atoms with Crippen LogP contribution in [-0.4, -0.2) is 22.2 Å². The largest absolute Gasteiger partial charge is 0.307 e. The van der Waals surface area contributed by atoms with Crippen molar-refractivity contribution in [3.8, 4) is 5.69 Å². The molecule has 0 aliphatic rings. The summed E-state index contributed by atoms with van der Waals surface area (Å²) in [5.74, 6) is -2.31. The molecule has 0 aliphatic heterocycles. The predicted octanol–water partition coefficient (Wildman–Crippen LogP) is 4.13. The molecule has 0 saturated heterocycles. The molecule has 0 saturated carbocycles. The standard InChI is InChI=1S/C19H17F2N3O/c1-3-23(15-9-10-16(20)17(21)12-15)19(25)18-11-13(2)24(22-18)14-7-5-4-6-8-14/h4-12H,3H2,1-2H3. The lowest BCUT2D eigenvalue weighted by molar-refractivity contribution is 0.0983. The molecule has 0 spiro atoms. The number of hydrogen-bond donors (Lipinski definition) is 0. The van der Waals surface area contributed by atoms with Gasteiger partial charge in [0.25, 0.3) is 5.91 Å². The SMILES string of the molecule is CCN(C(=O)c1cc(C)n(-c2ccccc2)n1)c1ccc(F)c(F)c1. The minimum atomic E-state index is -0.991. The number of benzene rings is 2. The number of anilines is 1. The predicted molar refractivity (Wildman–Crippen MR) is 92.0 cm³/mol. The van der Waals surface area contributed by atoms with Gasteiger partial charge in [0, 0.05) is 24.0 Å². The van der Waals surface area contributed by atoms with Crippen molar-refractivity contribution in [1.82, 2.24) is 9.78 Å². The van der Waals surface area contributed by atoms with Gasteiger partial charge in [-0.1, -0.05) is 18.2 Å². The van der Waals surface area contributed by atoms with Gasteiger partial charge in [-0.2, -0.15) is 5.10 Å². The van der Waals surface area contributed by atoms with Crippen LogP contribution in [0.1, 0.15) is 23.1 Å². The van der Waals surface area contributed by atoms with Crippen molar-refractivity contribution in [3.63, 3.8) is 0 Å². The third-order valence-corrected chi connectivity index (χ3v) is 3.88. The van der Waals surface area contributed by atoms with Crippen LogP contribution < -0.4 is 4.90 Å². The molecule has 1 amide bonds. The number of halogens is 2. The maximum Gasteiger partial charge on any atom is 0.278 e. The number of aromatic nitrogens is 2. The second-order valence-electron chi connectivity index (χ2n) is 5.57. The Morgan fingerprint density at radius 3 is 2.44 bits per heavy atom. The number of rotatable bonds is 4. The van der Waals surface area contributed by atoms with E-state index in [1.54, 1.807) is 17.7 Å². The molecule has 1 heterocycles. The third kappa shape index (κ3) is 3.28. The van der Waals surface area contributed by atoms with E-state index in [1.165, 1.54) is 11.0 Å². The maximum atomic E-state index is 13.5. The highest BCUT2D eigenvalue weighted by Gasteiger charge is 2.21. The van der Waals surface area contributed by atoms with E-state index < -0.39 is 11.6 Å². The highest BCUT2D eigenvalue weighted by molar-refractivity contribution is 6.04. The zero-order chi connectivity index (χ0) is 18.0. The fourth-order valence-electron chi connectivity index (χ4n) is 2.64. The second-order valence-corrected chi connectivity index (χ2v) is 5.57. The summed E-state index contributed by atoms with van der Waals surface area (Å²) >= 11 is 0. The number of hydrogen-bond acceptors (Lipinski definition) is 2. The molecule has 2 aromatic carbocycles. The Morgan fingerprint density at radius 2 is 1.80 bits per heavy atom. The lowest BCUT2D eigenvalue weighted by Crippen LogP contribution is -2.31. The molecular weight excluding hydrogens is 324 g/mol. The lowest BCUT2D eigenvalue weighted by atomic mass is 10.2. The first kappa shape index (κ1) is 16.8. The van der Waals surface area contributed by atoms with Crippen LogP contribution in [0.5, 0.6) is 0 Å². The Balaban J connectivity index is 1.95. The van der Waals surface area contributed by atoms with E-state index in [0.717, 1.165) is 23.5 Å². The zero-order valence-electron chi connectivity index (χ0n) is 13.9. The Kier molecular flexibility index (Phi) is 4.61. The fourth-order valence-corrected chi connectivity index (χ4v) is 2.64. The van der Waals surface area contributed by atoms with E-state index >= 15 is 0 Å². The van der Waals surface area contributed by atoms with Gasteiger partial charge in [-0.05, 0) is 44.2 Å². The summed E-state index contributed by atoms with van der Waals surface area (Å²) in [6, 6.07) is 14.5. The van der Waals surface area contributed by atoms with Crippen LogP contribution in [0.3, 0.4) is 0 Å². The van der Waals surface area contributed by atoms with Gasteiger partial charge >= 0.3 is 0 Å². The topological polar surface area (TPSA) is 38.1 Å². The van der Waals surface area contributed by atoms with Crippen LogP contribution in [-0.2, 0) is 0 Å². The highest BCUT2D eigenvalue weighted by Crippen LogP contribution is 2.21. The summed E-state index contributed by atoms with van der Waals surface area (Å²) in [6.45, 7) is 3.92. The minimum absolute atomic E-state index is 0.243. The van der Waals surface area contributed by atoms with Crippen molar-refractivity contribution in [1.29, 1.82) is 0 Å². The summed E-state index contributed by atoms with van der Waals surface area (Å²) in [6.07, 6.45) is 0. The molecule has 0 N–H and O–H groups in total. The third-order valence-electron chi connectivity index (χ3n) is 3.88. The van der Waals surface area contributed by atoms with E-state index in [1.807, 2.05) is 37.3 Å². The molecule has 0 atom stereocenters. The monoisotopic (exact) mass is 341 g/mol. The van der Waals surface area contributed by atoms with Crippen molar-refractivity contribution >= 4 is 11.6 Å². The van der Waals surface area contributed by atoms with Crippen LogP contribution in [0, 0.1) is 18.6 Å². The molecule has 0 bridgehead atoms. The number of aryl methyl sites for hydroxylation is 1. The molecule has 4 nitrogen and oxygen atoms in total. The average molecular weight is 341 g/mol. The Hall–Kier alpha value is -3.02. The zero-order valence-corrected chi connectivity index (χ0v) is 13.9. The van der Waals surface area contributed by atoms with Crippen LogP contribution in [0.4, 0.5) is 14.5 Å². The molecule has 3 rings (SSSR count). The lowest BCUT2D eigenvalue weighted by Gasteiger charge is -2.20. The summed E-state index contributed by atoms with van der Waals surface area (Å²) in [5, 5.41) is 4.37. The number of nitrogens with zero attached hydrogens (tertiary/aromatic N) is 3. The smallest absolute Gasteiger partial charge is 0.278 e. The summed E-state index contributed by atoms with van der Waals surface area (Å²) < 4.78 is 28.3. The quantitative estimate of drug-likeness (QED) is 0.716. The average Bonchev–Trinajstić information content (AvgIpc) is 3.01. The van der Waals surface area contributed by atoms with Crippen molar-refractivity contribution in [2.24, 2.45) is 0 Å². The summed E-state index contributed by atoms with van der Waals surface area (Å²) in [4.78, 5) is 14.2. The van der Waals surface area contributed by atoms with Crippen LogP contribution in [0.15, 0.2) is 54.6 Å². The summed E-state index contributed by atoms with van der Waals surface area (Å²) in [5.41, 5.74) is 2.18. The first-order valence-electron chi connectivity index (χ1n) is 7.90. The van der Waals surface area contributed by atoms with Gasteiger partial charge in [-0.3, -0.25) is 4.79 Å². The van der Waals surface area contributed by atoms with Crippen molar-refractivity contribution in [2.45, 2.75) is 13.8 Å². The molecule has 3 aromatic rings. The van der Waals surface area contributed by atoms with Crippen molar-refractivity contribution in [2.75, 3.05) is 11.4 Å². The highest BCUT2D eigenvalue weighted by atomic mass is 19.2. The van der Waals surface area contributed by atoms with Gasteiger partial charge < -0.3 is 4.90 Å². The number of carbonyl (C=O) groups excluding carboxylic acids is 1. The number of para-hydroxylation sites is 1. The van der Waals surface area contributed by atoms with Crippen molar-refractivity contribution < 1.29 is 13.6 Å². The number of amides is 1. The van der Waals surface area contributed by atoms with Gasteiger partial charge in [0.15, 0.2) is 17.3 Å². The van der Waals surface area contributed by atoms with E-state index in [9.17, 15) is 13.6 Å². The van der Waals surface area contributed by atoms with Gasteiger partial charge in [0.2, 0.25) is 0 Å². The Morgan fingerprint density at radius 1 is 1.08 bits per heavy atom. The number of carbonyl (C=O) groups is 1.